The fourth-order valence-electron chi connectivity index (χ4n) is 1.87. The smallest absolute Gasteiger partial charge is 0.333 e. The fraction of sp³-hybridized carbons (Fsp3) is 0. The van der Waals surface area contributed by atoms with E-state index in [-0.39, 0.29) is 0 Å². The van der Waals surface area contributed by atoms with Crippen LogP contribution in [0.4, 0.5) is 0 Å². The van der Waals surface area contributed by atoms with Crippen LogP contribution in [0.25, 0.3) is 22.3 Å². The normalized spacial score (nSPS) is 10.7. The molecule has 0 radical (unpaired) electrons. The molecular formula is C14H9ClN2O. The number of rotatable bonds is 1. The van der Waals surface area contributed by atoms with E-state index in [4.69, 9.17) is 11.6 Å². The van der Waals surface area contributed by atoms with Crippen LogP contribution in [0.15, 0.2) is 54.7 Å². The second kappa shape index (κ2) is 4.27. The number of fused-ring (bicyclic) bond motifs is 1. The zero-order valence-electron chi connectivity index (χ0n) is 9.38. The Morgan fingerprint density at radius 2 is 1.72 bits per heavy atom. The first-order chi connectivity index (χ1) is 8.75. The van der Waals surface area contributed by atoms with E-state index in [1.807, 2.05) is 18.2 Å². The van der Waals surface area contributed by atoms with Crippen LogP contribution in [0.1, 0.15) is 0 Å². The van der Waals surface area contributed by atoms with Gasteiger partial charge >= 0.3 is 5.82 Å². The Labute approximate surface area is 109 Å². The molecule has 0 fully saturated rings. The second-order valence-electron chi connectivity index (χ2n) is 3.94. The summed E-state index contributed by atoms with van der Waals surface area (Å²) in [7, 11) is 0. The minimum Gasteiger partial charge on any atom is -0.710 e. The number of benzene rings is 2. The van der Waals surface area contributed by atoms with Crippen molar-refractivity contribution < 1.29 is 4.73 Å². The van der Waals surface area contributed by atoms with Crippen LogP contribution in [0, 0.1) is 5.21 Å². The van der Waals surface area contributed by atoms with Crippen LogP contribution in [0.5, 0.6) is 0 Å². The summed E-state index contributed by atoms with van der Waals surface area (Å²) in [6, 6.07) is 14.4. The Hall–Kier alpha value is -2.13. The van der Waals surface area contributed by atoms with E-state index in [1.54, 1.807) is 36.5 Å². The average molecular weight is 257 g/mol. The summed E-state index contributed by atoms with van der Waals surface area (Å²) < 4.78 is 0.846. The third-order valence-electron chi connectivity index (χ3n) is 2.78. The number of halogens is 1. The monoisotopic (exact) mass is 256 g/mol. The molecule has 0 aliphatic heterocycles. The molecule has 2 aromatic carbocycles. The van der Waals surface area contributed by atoms with Crippen LogP contribution in [-0.4, -0.2) is 4.98 Å². The van der Waals surface area contributed by atoms with Crippen LogP contribution >= 0.6 is 11.6 Å². The molecule has 18 heavy (non-hydrogen) atoms. The molecule has 0 saturated heterocycles. The van der Waals surface area contributed by atoms with Gasteiger partial charge in [-0.05, 0) is 41.4 Å². The van der Waals surface area contributed by atoms with Gasteiger partial charge in [-0.15, -0.1) is 0 Å². The largest absolute Gasteiger partial charge is 0.710 e. The lowest BCUT2D eigenvalue weighted by Crippen LogP contribution is -2.31. The minimum atomic E-state index is 0.380. The zero-order valence-corrected chi connectivity index (χ0v) is 10.1. The molecule has 0 atom stereocenters. The van der Waals surface area contributed by atoms with E-state index in [0.29, 0.717) is 16.4 Å². The van der Waals surface area contributed by atoms with Gasteiger partial charge in [0.1, 0.15) is 5.52 Å². The number of hydrogen-bond donors (Lipinski definition) is 0. The molecule has 3 aromatic rings. The molecule has 1 heterocycles. The summed E-state index contributed by atoms with van der Waals surface area (Å²) in [5, 5.41) is 13.7. The quantitative estimate of drug-likeness (QED) is 0.496. The zero-order chi connectivity index (χ0) is 12.5. The van der Waals surface area contributed by atoms with Gasteiger partial charge in [-0.3, -0.25) is 0 Å². The second-order valence-corrected chi connectivity index (χ2v) is 4.38. The van der Waals surface area contributed by atoms with Crippen molar-refractivity contribution in [3.05, 3.63) is 65.0 Å². The Bertz CT molecular complexity index is 711. The highest BCUT2D eigenvalue weighted by molar-refractivity contribution is 6.30. The van der Waals surface area contributed by atoms with Gasteiger partial charge in [0.15, 0.2) is 6.20 Å². The Morgan fingerprint density at radius 3 is 2.50 bits per heavy atom. The third-order valence-corrected chi connectivity index (χ3v) is 3.03. The topological polar surface area (TPSA) is 39.8 Å². The van der Waals surface area contributed by atoms with Gasteiger partial charge < -0.3 is 5.21 Å². The minimum absolute atomic E-state index is 0.380. The molecule has 0 aliphatic carbocycles. The SMILES string of the molecule is [O-][n+]1c(-c2ccc(Cl)cc2)ncc2ccccc21. The fourth-order valence-corrected chi connectivity index (χ4v) is 2.00. The van der Waals surface area contributed by atoms with Crippen molar-refractivity contribution in [2.45, 2.75) is 0 Å². The lowest BCUT2D eigenvalue weighted by molar-refractivity contribution is -0.568. The lowest BCUT2D eigenvalue weighted by Gasteiger charge is -2.08. The van der Waals surface area contributed by atoms with E-state index < -0.39 is 0 Å². The van der Waals surface area contributed by atoms with Gasteiger partial charge in [0.2, 0.25) is 0 Å². The predicted molar refractivity (Wildman–Crippen MR) is 71.1 cm³/mol. The number of para-hydroxylation sites is 1. The number of aromatic nitrogens is 2. The lowest BCUT2D eigenvalue weighted by atomic mass is 10.2. The van der Waals surface area contributed by atoms with E-state index in [1.165, 1.54) is 0 Å². The maximum absolute atomic E-state index is 12.2. The predicted octanol–water partition coefficient (Wildman–Crippen LogP) is 3.19. The van der Waals surface area contributed by atoms with Crippen molar-refractivity contribution in [3.8, 4) is 11.4 Å². The van der Waals surface area contributed by atoms with Crippen LogP contribution in [-0.2, 0) is 0 Å². The van der Waals surface area contributed by atoms with Crippen LogP contribution < -0.4 is 4.73 Å². The molecule has 3 rings (SSSR count). The summed E-state index contributed by atoms with van der Waals surface area (Å²) in [6.07, 6.45) is 1.70. The summed E-state index contributed by atoms with van der Waals surface area (Å²) >= 11 is 5.83. The molecule has 1 aromatic heterocycles. The number of nitrogens with zero attached hydrogens (tertiary/aromatic N) is 2. The summed E-state index contributed by atoms with van der Waals surface area (Å²) in [6.45, 7) is 0. The molecule has 3 nitrogen and oxygen atoms in total. The van der Waals surface area contributed by atoms with Gasteiger partial charge in [-0.2, -0.15) is 0 Å². The van der Waals surface area contributed by atoms with Crippen LogP contribution in [0.3, 0.4) is 0 Å². The van der Waals surface area contributed by atoms with Gasteiger partial charge in [0.05, 0.1) is 10.9 Å². The van der Waals surface area contributed by atoms with E-state index in [9.17, 15) is 5.21 Å². The first-order valence-corrected chi connectivity index (χ1v) is 5.87. The van der Waals surface area contributed by atoms with E-state index in [2.05, 4.69) is 4.98 Å². The van der Waals surface area contributed by atoms with Gasteiger partial charge in [-0.1, -0.05) is 23.7 Å². The van der Waals surface area contributed by atoms with Crippen molar-refractivity contribution in [3.63, 3.8) is 0 Å². The highest BCUT2D eigenvalue weighted by atomic mass is 35.5. The maximum Gasteiger partial charge on any atom is 0.333 e. The molecule has 0 saturated carbocycles. The molecule has 4 heteroatoms. The Morgan fingerprint density at radius 1 is 1.00 bits per heavy atom. The summed E-state index contributed by atoms with van der Waals surface area (Å²) in [5.41, 5.74) is 1.36. The van der Waals surface area contributed by atoms with Crippen molar-refractivity contribution in [2.75, 3.05) is 0 Å². The maximum atomic E-state index is 12.2. The molecule has 0 amide bonds. The molecule has 0 aliphatic rings. The average Bonchev–Trinajstić information content (AvgIpc) is 2.41. The van der Waals surface area contributed by atoms with E-state index >= 15 is 0 Å². The summed E-state index contributed by atoms with van der Waals surface area (Å²) in [4.78, 5) is 4.21. The first-order valence-electron chi connectivity index (χ1n) is 5.49. The third kappa shape index (κ3) is 1.79. The molecule has 88 valence electrons. The highest BCUT2D eigenvalue weighted by Gasteiger charge is 2.13. The molecule has 0 unspecified atom stereocenters. The Kier molecular flexibility index (Phi) is 2.61. The van der Waals surface area contributed by atoms with Crippen LogP contribution in [0.2, 0.25) is 5.02 Å². The van der Waals surface area contributed by atoms with Gasteiger partial charge in [-0.25, -0.2) is 4.73 Å². The van der Waals surface area contributed by atoms with Crippen molar-refractivity contribution in [1.82, 2.24) is 4.98 Å². The molecule has 0 N–H and O–H groups in total. The van der Waals surface area contributed by atoms with Gasteiger partial charge in [0, 0.05) is 5.02 Å². The molecule has 0 bridgehead atoms. The number of hydrogen-bond acceptors (Lipinski definition) is 2. The first kappa shape index (κ1) is 11.0. The van der Waals surface area contributed by atoms with Crippen molar-refractivity contribution in [1.29, 1.82) is 0 Å². The summed E-state index contributed by atoms with van der Waals surface area (Å²) in [5.74, 6) is 0.380. The van der Waals surface area contributed by atoms with Gasteiger partial charge in [0.25, 0.3) is 0 Å². The van der Waals surface area contributed by atoms with E-state index in [0.717, 1.165) is 15.7 Å². The van der Waals surface area contributed by atoms with Crippen molar-refractivity contribution >= 4 is 22.5 Å². The van der Waals surface area contributed by atoms with Crippen molar-refractivity contribution in [2.24, 2.45) is 0 Å². The standard InChI is InChI=1S/C14H9ClN2O/c15-12-7-5-10(6-8-12)14-16-9-11-3-1-2-4-13(11)17(14)18/h1-9H. The Balaban J connectivity index is 2.24. The molecular weight excluding hydrogens is 248 g/mol. The highest BCUT2D eigenvalue weighted by Crippen LogP contribution is 2.18. The molecule has 0 spiro atoms.